The van der Waals surface area contributed by atoms with E-state index in [9.17, 15) is 19.0 Å². The summed E-state index contributed by atoms with van der Waals surface area (Å²) >= 11 is 0. The molecule has 9 nitrogen and oxygen atoms in total. The van der Waals surface area contributed by atoms with Crippen LogP contribution in [0.1, 0.15) is 200 Å². The van der Waals surface area contributed by atoms with E-state index >= 15 is 0 Å². The van der Waals surface area contributed by atoms with E-state index in [1.807, 2.05) is 0 Å². The van der Waals surface area contributed by atoms with Gasteiger partial charge in [-0.25, -0.2) is 4.57 Å². The van der Waals surface area contributed by atoms with Gasteiger partial charge in [0.2, 0.25) is 0 Å². The van der Waals surface area contributed by atoms with Crippen LogP contribution in [0.25, 0.3) is 0 Å². The standard InChI is InChI=1S/C40H78NO8P/c1-3-5-7-9-11-12-13-14-15-16-17-21-25-29-39(42)46-34-38(35-48-50(44,45)47-32-31-41)49-40(43)30-26-22-18-20-24-28-37-33-36(37)27-23-19-10-8-6-4-2/h36-38H,3-35,41H2,1-2H3,(H,44,45). The number of rotatable bonds is 38. The molecule has 0 aromatic carbocycles. The van der Waals surface area contributed by atoms with E-state index in [4.69, 9.17) is 24.3 Å². The first kappa shape index (κ1) is 47.0. The van der Waals surface area contributed by atoms with Crippen molar-refractivity contribution in [2.24, 2.45) is 17.6 Å². The molecule has 0 radical (unpaired) electrons. The number of esters is 2. The van der Waals surface area contributed by atoms with Crippen molar-refractivity contribution in [2.75, 3.05) is 26.4 Å². The highest BCUT2D eigenvalue weighted by atomic mass is 31.2. The van der Waals surface area contributed by atoms with Gasteiger partial charge < -0.3 is 20.1 Å². The van der Waals surface area contributed by atoms with E-state index in [0.717, 1.165) is 43.9 Å². The SMILES string of the molecule is CCCCCCCCCCCCCCCC(=O)OCC(COP(=O)(O)OCCN)OC(=O)CCCCCCCC1CC1CCCCCCCC. The number of carbonyl (C=O) groups is 2. The number of phosphoric ester groups is 1. The average molecular weight is 732 g/mol. The minimum Gasteiger partial charge on any atom is -0.462 e. The van der Waals surface area contributed by atoms with Gasteiger partial charge in [0.15, 0.2) is 6.10 Å². The lowest BCUT2D eigenvalue weighted by Crippen LogP contribution is -2.29. The highest BCUT2D eigenvalue weighted by Crippen LogP contribution is 2.46. The summed E-state index contributed by atoms with van der Waals surface area (Å²) in [6.45, 7) is 3.77. The Morgan fingerprint density at radius 2 is 1.04 bits per heavy atom. The molecule has 0 bridgehead atoms. The molecule has 1 saturated carbocycles. The summed E-state index contributed by atoms with van der Waals surface area (Å²) in [5, 5.41) is 0. The van der Waals surface area contributed by atoms with E-state index in [-0.39, 0.29) is 38.6 Å². The van der Waals surface area contributed by atoms with Crippen LogP contribution in [0.15, 0.2) is 0 Å². The predicted molar refractivity (Wildman–Crippen MR) is 204 cm³/mol. The molecule has 50 heavy (non-hydrogen) atoms. The van der Waals surface area contributed by atoms with E-state index in [2.05, 4.69) is 13.8 Å². The van der Waals surface area contributed by atoms with Crippen molar-refractivity contribution < 1.29 is 37.6 Å². The molecular formula is C40H78NO8P. The minimum absolute atomic E-state index is 0.0590. The average Bonchev–Trinajstić information content (AvgIpc) is 3.86. The number of carbonyl (C=O) groups excluding carboxylic acids is 2. The van der Waals surface area contributed by atoms with Crippen LogP contribution in [0.5, 0.6) is 0 Å². The summed E-state index contributed by atoms with van der Waals surface area (Å²) in [6.07, 6.45) is 33.2. The molecule has 0 amide bonds. The van der Waals surface area contributed by atoms with Crippen LogP contribution < -0.4 is 5.73 Å². The van der Waals surface area contributed by atoms with Gasteiger partial charge in [0.25, 0.3) is 0 Å². The maximum absolute atomic E-state index is 12.6. The Morgan fingerprint density at radius 1 is 0.620 bits per heavy atom. The van der Waals surface area contributed by atoms with E-state index < -0.39 is 26.5 Å². The van der Waals surface area contributed by atoms with Crippen molar-refractivity contribution in [2.45, 2.75) is 206 Å². The van der Waals surface area contributed by atoms with Gasteiger partial charge in [0.05, 0.1) is 13.2 Å². The van der Waals surface area contributed by atoms with Crippen LogP contribution in [-0.2, 0) is 32.7 Å². The molecule has 296 valence electrons. The molecule has 1 fully saturated rings. The second kappa shape index (κ2) is 32.6. The summed E-state index contributed by atoms with van der Waals surface area (Å²) in [5.74, 6) is 1.11. The molecule has 0 aromatic heterocycles. The van der Waals surface area contributed by atoms with Crippen LogP contribution >= 0.6 is 7.82 Å². The minimum atomic E-state index is -4.36. The highest BCUT2D eigenvalue weighted by Gasteiger charge is 2.35. The molecular weight excluding hydrogens is 653 g/mol. The van der Waals surface area contributed by atoms with Crippen molar-refractivity contribution >= 4 is 19.8 Å². The van der Waals surface area contributed by atoms with Crippen LogP contribution in [0.4, 0.5) is 0 Å². The topological polar surface area (TPSA) is 134 Å². The summed E-state index contributed by atoms with van der Waals surface area (Å²) in [7, 11) is -4.36. The van der Waals surface area contributed by atoms with Crippen LogP contribution in [0, 0.1) is 11.8 Å². The lowest BCUT2D eigenvalue weighted by molar-refractivity contribution is -0.161. The fourth-order valence-corrected chi connectivity index (χ4v) is 7.46. The van der Waals surface area contributed by atoms with Crippen molar-refractivity contribution in [3.05, 3.63) is 0 Å². The van der Waals surface area contributed by atoms with Gasteiger partial charge in [0, 0.05) is 19.4 Å². The third-order valence-electron chi connectivity index (χ3n) is 9.96. The number of ether oxygens (including phenoxy) is 2. The highest BCUT2D eigenvalue weighted by molar-refractivity contribution is 7.47. The van der Waals surface area contributed by atoms with Gasteiger partial charge in [-0.1, -0.05) is 168 Å². The molecule has 3 N–H and O–H groups in total. The molecule has 0 aliphatic heterocycles. The molecule has 1 rings (SSSR count). The molecule has 4 atom stereocenters. The first-order valence-corrected chi connectivity index (χ1v) is 22.5. The second-order valence-electron chi connectivity index (χ2n) is 14.8. The van der Waals surface area contributed by atoms with Crippen LogP contribution in [-0.4, -0.2) is 49.3 Å². The van der Waals surface area contributed by atoms with E-state index in [1.54, 1.807) is 0 Å². The fraction of sp³-hybridized carbons (Fsp3) is 0.950. The van der Waals surface area contributed by atoms with E-state index in [1.165, 1.54) is 135 Å². The smallest absolute Gasteiger partial charge is 0.462 e. The van der Waals surface area contributed by atoms with Crippen molar-refractivity contribution in [3.63, 3.8) is 0 Å². The zero-order chi connectivity index (χ0) is 36.5. The monoisotopic (exact) mass is 732 g/mol. The van der Waals surface area contributed by atoms with Gasteiger partial charge in [-0.15, -0.1) is 0 Å². The largest absolute Gasteiger partial charge is 0.472 e. The van der Waals surface area contributed by atoms with Gasteiger partial charge in [-0.2, -0.15) is 0 Å². The van der Waals surface area contributed by atoms with Crippen LogP contribution in [0.2, 0.25) is 0 Å². The van der Waals surface area contributed by atoms with Gasteiger partial charge in [-0.3, -0.25) is 18.6 Å². The third-order valence-corrected chi connectivity index (χ3v) is 10.9. The fourth-order valence-electron chi connectivity index (χ4n) is 6.70. The Hall–Kier alpha value is -0.990. The molecule has 1 aliphatic carbocycles. The van der Waals surface area contributed by atoms with Crippen molar-refractivity contribution in [1.82, 2.24) is 0 Å². The normalized spacial score (nSPS) is 17.4. The number of unbranched alkanes of at least 4 members (excludes halogenated alkanes) is 21. The Morgan fingerprint density at radius 3 is 1.50 bits per heavy atom. The molecule has 1 aliphatic rings. The Kier molecular flexibility index (Phi) is 30.7. The number of nitrogens with two attached hydrogens (primary N) is 1. The second-order valence-corrected chi connectivity index (χ2v) is 16.2. The molecule has 0 heterocycles. The van der Waals surface area contributed by atoms with Gasteiger partial charge in [-0.05, 0) is 31.1 Å². The zero-order valence-corrected chi connectivity index (χ0v) is 33.3. The Labute approximate surface area is 306 Å². The Balaban J connectivity index is 2.19. The van der Waals surface area contributed by atoms with Gasteiger partial charge >= 0.3 is 19.8 Å². The quantitative estimate of drug-likeness (QED) is 0.0361. The summed E-state index contributed by atoms with van der Waals surface area (Å²) in [5.41, 5.74) is 5.34. The molecule has 0 spiro atoms. The van der Waals surface area contributed by atoms with Gasteiger partial charge in [0.1, 0.15) is 6.61 Å². The maximum atomic E-state index is 12.6. The third kappa shape index (κ3) is 29.6. The summed E-state index contributed by atoms with van der Waals surface area (Å²) < 4.78 is 32.8. The molecule has 4 unspecified atom stereocenters. The number of hydrogen-bond donors (Lipinski definition) is 2. The van der Waals surface area contributed by atoms with Crippen molar-refractivity contribution in [3.8, 4) is 0 Å². The van der Waals surface area contributed by atoms with Crippen molar-refractivity contribution in [1.29, 1.82) is 0 Å². The van der Waals surface area contributed by atoms with E-state index in [0.29, 0.717) is 6.42 Å². The Bertz CT molecular complexity index is 859. The summed E-state index contributed by atoms with van der Waals surface area (Å²) in [6, 6.07) is 0. The molecule has 0 aromatic rings. The molecule has 10 heteroatoms. The zero-order valence-electron chi connectivity index (χ0n) is 32.4. The molecule has 0 saturated heterocycles. The maximum Gasteiger partial charge on any atom is 0.472 e. The lowest BCUT2D eigenvalue weighted by atomic mass is 10.0. The summed E-state index contributed by atoms with van der Waals surface area (Å²) in [4.78, 5) is 34.8. The lowest BCUT2D eigenvalue weighted by Gasteiger charge is -2.19. The first-order chi connectivity index (χ1) is 24.3. The van der Waals surface area contributed by atoms with Crippen LogP contribution in [0.3, 0.4) is 0 Å². The number of hydrogen-bond acceptors (Lipinski definition) is 8. The predicted octanol–water partition coefficient (Wildman–Crippen LogP) is 11.1. The number of phosphoric acid groups is 1. The first-order valence-electron chi connectivity index (χ1n) is 21.0.